The molecule has 1 amide bonds. The Morgan fingerprint density at radius 2 is 1.82 bits per heavy atom. The van der Waals surface area contributed by atoms with Crippen molar-refractivity contribution in [2.24, 2.45) is 0 Å². The number of carbonyl (C=O) groups is 1. The smallest absolute Gasteiger partial charge is 0.227 e. The van der Waals surface area contributed by atoms with Crippen molar-refractivity contribution in [3.63, 3.8) is 0 Å². The third kappa shape index (κ3) is 3.48. The van der Waals surface area contributed by atoms with E-state index < -0.39 is 0 Å². The van der Waals surface area contributed by atoms with E-state index >= 15 is 0 Å². The summed E-state index contributed by atoms with van der Waals surface area (Å²) in [6.07, 6.45) is 2.61. The number of rotatable bonds is 3. The van der Waals surface area contributed by atoms with Crippen molar-refractivity contribution in [2.75, 3.05) is 13.1 Å². The largest absolute Gasteiger partial charge is 0.508 e. The molecule has 0 radical (unpaired) electrons. The van der Waals surface area contributed by atoms with Crippen LogP contribution in [0.15, 0.2) is 54.6 Å². The standard InChI is InChI=1S/C19H21NO2/c21-18-10-8-15(9-11-18)13-19(22)20-12-4-7-17(14-20)16-5-2-1-3-6-16/h1-3,5-6,8-11,17,21H,4,7,12-14H2. The molecule has 1 heterocycles. The van der Waals surface area contributed by atoms with E-state index in [0.717, 1.165) is 31.5 Å². The summed E-state index contributed by atoms with van der Waals surface area (Å²) in [6, 6.07) is 17.3. The van der Waals surface area contributed by atoms with Crippen molar-refractivity contribution in [3.05, 3.63) is 65.7 Å². The van der Waals surface area contributed by atoms with Crippen LogP contribution in [0, 0.1) is 0 Å². The lowest BCUT2D eigenvalue weighted by molar-refractivity contribution is -0.131. The van der Waals surface area contributed by atoms with Gasteiger partial charge < -0.3 is 10.0 Å². The Labute approximate surface area is 131 Å². The predicted octanol–water partition coefficient (Wildman–Crippen LogP) is 3.34. The van der Waals surface area contributed by atoms with Crippen LogP contribution >= 0.6 is 0 Å². The molecule has 2 aromatic carbocycles. The average molecular weight is 295 g/mol. The van der Waals surface area contributed by atoms with Crippen LogP contribution in [0.1, 0.15) is 29.9 Å². The van der Waals surface area contributed by atoms with Crippen LogP contribution in [0.25, 0.3) is 0 Å². The molecule has 1 fully saturated rings. The van der Waals surface area contributed by atoms with Gasteiger partial charge in [-0.15, -0.1) is 0 Å². The van der Waals surface area contributed by atoms with Crippen LogP contribution in [-0.2, 0) is 11.2 Å². The number of phenolic OH excluding ortho intramolecular Hbond substituents is 1. The Hall–Kier alpha value is -2.29. The molecule has 3 heteroatoms. The number of hydrogen-bond acceptors (Lipinski definition) is 2. The lowest BCUT2D eigenvalue weighted by Crippen LogP contribution is -2.39. The summed E-state index contributed by atoms with van der Waals surface area (Å²) in [5.41, 5.74) is 2.27. The summed E-state index contributed by atoms with van der Waals surface area (Å²) in [6.45, 7) is 1.65. The van der Waals surface area contributed by atoms with E-state index in [-0.39, 0.29) is 11.7 Å². The van der Waals surface area contributed by atoms with Gasteiger partial charge in [0.25, 0.3) is 0 Å². The van der Waals surface area contributed by atoms with Crippen LogP contribution in [-0.4, -0.2) is 29.0 Å². The van der Waals surface area contributed by atoms with Gasteiger partial charge in [0.15, 0.2) is 0 Å². The first-order valence-electron chi connectivity index (χ1n) is 7.83. The zero-order valence-corrected chi connectivity index (χ0v) is 12.6. The molecule has 1 unspecified atom stereocenters. The molecule has 114 valence electrons. The number of phenols is 1. The highest BCUT2D eigenvalue weighted by molar-refractivity contribution is 5.79. The highest BCUT2D eigenvalue weighted by Crippen LogP contribution is 2.27. The van der Waals surface area contributed by atoms with Crippen molar-refractivity contribution >= 4 is 5.91 Å². The zero-order chi connectivity index (χ0) is 15.4. The Balaban J connectivity index is 1.64. The molecule has 0 aromatic heterocycles. The van der Waals surface area contributed by atoms with Crippen LogP contribution in [0.3, 0.4) is 0 Å². The SMILES string of the molecule is O=C(Cc1ccc(O)cc1)N1CCCC(c2ccccc2)C1. The number of carbonyl (C=O) groups excluding carboxylic acids is 1. The van der Waals surface area contributed by atoms with Crippen molar-refractivity contribution < 1.29 is 9.90 Å². The Morgan fingerprint density at radius 3 is 2.55 bits per heavy atom. The maximum Gasteiger partial charge on any atom is 0.227 e. The van der Waals surface area contributed by atoms with Crippen LogP contribution < -0.4 is 0 Å². The summed E-state index contributed by atoms with van der Waals surface area (Å²) < 4.78 is 0. The van der Waals surface area contributed by atoms with Gasteiger partial charge in [0.2, 0.25) is 5.91 Å². The van der Waals surface area contributed by atoms with Gasteiger partial charge in [0, 0.05) is 19.0 Å². The first-order chi connectivity index (χ1) is 10.7. The van der Waals surface area contributed by atoms with Crippen LogP contribution in [0.2, 0.25) is 0 Å². The molecule has 1 saturated heterocycles. The quantitative estimate of drug-likeness (QED) is 0.943. The minimum absolute atomic E-state index is 0.173. The molecule has 0 aliphatic carbocycles. The monoisotopic (exact) mass is 295 g/mol. The number of piperidine rings is 1. The molecule has 3 rings (SSSR count). The summed E-state index contributed by atoms with van der Waals surface area (Å²) in [4.78, 5) is 14.5. The molecule has 1 N–H and O–H groups in total. The fourth-order valence-corrected chi connectivity index (χ4v) is 3.10. The van der Waals surface area contributed by atoms with Gasteiger partial charge in [-0.1, -0.05) is 42.5 Å². The summed E-state index contributed by atoms with van der Waals surface area (Å²) in [5, 5.41) is 9.30. The van der Waals surface area contributed by atoms with Gasteiger partial charge in [0.1, 0.15) is 5.75 Å². The summed E-state index contributed by atoms with van der Waals surface area (Å²) in [7, 11) is 0. The van der Waals surface area contributed by atoms with E-state index in [1.807, 2.05) is 23.1 Å². The van der Waals surface area contributed by atoms with Gasteiger partial charge in [-0.3, -0.25) is 4.79 Å². The molecule has 0 bridgehead atoms. The van der Waals surface area contributed by atoms with E-state index in [1.54, 1.807) is 12.1 Å². The maximum absolute atomic E-state index is 12.5. The molecular formula is C19H21NO2. The highest BCUT2D eigenvalue weighted by Gasteiger charge is 2.24. The van der Waals surface area contributed by atoms with Crippen LogP contribution in [0.5, 0.6) is 5.75 Å². The molecule has 1 atom stereocenters. The van der Waals surface area contributed by atoms with E-state index in [1.165, 1.54) is 5.56 Å². The number of nitrogens with zero attached hydrogens (tertiary/aromatic N) is 1. The predicted molar refractivity (Wildman–Crippen MR) is 86.8 cm³/mol. The minimum Gasteiger partial charge on any atom is -0.508 e. The number of amides is 1. The second-order valence-electron chi connectivity index (χ2n) is 5.93. The fourth-order valence-electron chi connectivity index (χ4n) is 3.10. The zero-order valence-electron chi connectivity index (χ0n) is 12.6. The number of hydrogen-bond donors (Lipinski definition) is 1. The van der Waals surface area contributed by atoms with E-state index in [4.69, 9.17) is 0 Å². The van der Waals surface area contributed by atoms with Crippen LogP contribution in [0.4, 0.5) is 0 Å². The average Bonchev–Trinajstić information content (AvgIpc) is 2.58. The molecule has 22 heavy (non-hydrogen) atoms. The minimum atomic E-state index is 0.173. The van der Waals surface area contributed by atoms with Crippen molar-refractivity contribution in [3.8, 4) is 5.75 Å². The molecule has 0 saturated carbocycles. The van der Waals surface area contributed by atoms with Crippen molar-refractivity contribution in [2.45, 2.75) is 25.2 Å². The highest BCUT2D eigenvalue weighted by atomic mass is 16.3. The van der Waals surface area contributed by atoms with Gasteiger partial charge >= 0.3 is 0 Å². The first-order valence-corrected chi connectivity index (χ1v) is 7.83. The molecule has 2 aromatic rings. The number of aromatic hydroxyl groups is 1. The van der Waals surface area contributed by atoms with E-state index in [2.05, 4.69) is 24.3 Å². The summed E-state index contributed by atoms with van der Waals surface area (Å²) >= 11 is 0. The second kappa shape index (κ2) is 6.65. The molecule has 0 spiro atoms. The number of benzene rings is 2. The van der Waals surface area contributed by atoms with Gasteiger partial charge in [-0.05, 0) is 36.1 Å². The lowest BCUT2D eigenvalue weighted by Gasteiger charge is -2.33. The Morgan fingerprint density at radius 1 is 1.09 bits per heavy atom. The van der Waals surface area contributed by atoms with Crippen molar-refractivity contribution in [1.29, 1.82) is 0 Å². The fraction of sp³-hybridized carbons (Fsp3) is 0.316. The topological polar surface area (TPSA) is 40.5 Å². The van der Waals surface area contributed by atoms with Crippen molar-refractivity contribution in [1.82, 2.24) is 4.90 Å². The third-order valence-corrected chi connectivity index (χ3v) is 4.34. The molecular weight excluding hydrogens is 274 g/mol. The van der Waals surface area contributed by atoms with Gasteiger partial charge in [-0.2, -0.15) is 0 Å². The van der Waals surface area contributed by atoms with Gasteiger partial charge in [0.05, 0.1) is 6.42 Å². The van der Waals surface area contributed by atoms with Gasteiger partial charge in [-0.25, -0.2) is 0 Å². The summed E-state index contributed by atoms with van der Waals surface area (Å²) in [5.74, 6) is 0.850. The van der Waals surface area contributed by atoms with E-state index in [0.29, 0.717) is 12.3 Å². The lowest BCUT2D eigenvalue weighted by atomic mass is 9.90. The maximum atomic E-state index is 12.5. The normalized spacial score (nSPS) is 18.2. The number of likely N-dealkylation sites (tertiary alicyclic amines) is 1. The van der Waals surface area contributed by atoms with E-state index in [9.17, 15) is 9.90 Å². The molecule has 1 aliphatic rings. The molecule has 1 aliphatic heterocycles. The molecule has 3 nitrogen and oxygen atoms in total. The Bertz CT molecular complexity index is 622. The first kappa shape index (κ1) is 14.6. The second-order valence-corrected chi connectivity index (χ2v) is 5.93. The third-order valence-electron chi connectivity index (χ3n) is 4.34. The Kier molecular flexibility index (Phi) is 4.42.